The molecule has 1 aromatic carbocycles. The quantitative estimate of drug-likeness (QED) is 0.930. The van der Waals surface area contributed by atoms with Crippen LogP contribution in [0.15, 0.2) is 24.3 Å². The van der Waals surface area contributed by atoms with Crippen LogP contribution in [0.1, 0.15) is 31.7 Å². The molecule has 108 valence electrons. The first-order chi connectivity index (χ1) is 9.39. The summed E-state index contributed by atoms with van der Waals surface area (Å²) >= 11 is 5.93. The van der Waals surface area contributed by atoms with Crippen molar-refractivity contribution >= 4 is 17.6 Å². The number of carbonyl (C=O) groups is 1. The van der Waals surface area contributed by atoms with Crippen LogP contribution in [0.2, 0.25) is 5.02 Å². The average Bonchev–Trinajstić information content (AvgIpc) is 2.70. The summed E-state index contributed by atoms with van der Waals surface area (Å²) in [4.78, 5) is 13.5. The molecule has 20 heavy (non-hydrogen) atoms. The molecule has 0 bridgehead atoms. The van der Waals surface area contributed by atoms with E-state index in [0.717, 1.165) is 18.1 Å². The molecule has 0 aromatic heterocycles. The molecule has 2 fully saturated rings. The highest BCUT2D eigenvalue weighted by Gasteiger charge is 2.51. The van der Waals surface area contributed by atoms with Gasteiger partial charge < -0.3 is 5.11 Å². The first kappa shape index (κ1) is 13.9. The number of carboxylic acids is 1. The van der Waals surface area contributed by atoms with Crippen LogP contribution in [-0.4, -0.2) is 34.6 Å². The lowest BCUT2D eigenvalue weighted by Crippen LogP contribution is -2.48. The standard InChI is InChI=1S/C16H20ClNO2/c1-16(2,15(19)20)18-8-11-7-13(14(11)9-18)10-3-5-12(17)6-4-10/h3-6,11,13-14H,7-9H2,1-2H3,(H,19,20)/t11-,13-,14+/m1/s1. The Labute approximate surface area is 124 Å². The molecule has 0 unspecified atom stereocenters. The van der Waals surface area contributed by atoms with Crippen molar-refractivity contribution in [2.75, 3.05) is 13.1 Å². The van der Waals surface area contributed by atoms with E-state index >= 15 is 0 Å². The highest BCUT2D eigenvalue weighted by atomic mass is 35.5. The summed E-state index contributed by atoms with van der Waals surface area (Å²) in [6.45, 7) is 5.40. The number of aliphatic carboxylic acids is 1. The fraction of sp³-hybridized carbons (Fsp3) is 0.562. The maximum absolute atomic E-state index is 11.4. The number of hydrogen-bond acceptors (Lipinski definition) is 2. The Hall–Kier alpha value is -1.06. The SMILES string of the molecule is CC(C)(C(=O)O)N1C[C@H]2C[C@H](c3ccc(Cl)cc3)[C@H]2C1. The van der Waals surface area contributed by atoms with Gasteiger partial charge in [0.1, 0.15) is 5.54 Å². The van der Waals surface area contributed by atoms with Gasteiger partial charge in [0.15, 0.2) is 0 Å². The van der Waals surface area contributed by atoms with Gasteiger partial charge in [0.2, 0.25) is 0 Å². The van der Waals surface area contributed by atoms with Crippen LogP contribution in [0.5, 0.6) is 0 Å². The van der Waals surface area contributed by atoms with Gasteiger partial charge in [0.25, 0.3) is 0 Å². The van der Waals surface area contributed by atoms with Crippen molar-refractivity contribution in [3.63, 3.8) is 0 Å². The molecule has 1 aliphatic carbocycles. The maximum atomic E-state index is 11.4. The zero-order valence-electron chi connectivity index (χ0n) is 11.8. The van der Waals surface area contributed by atoms with Crippen LogP contribution < -0.4 is 0 Å². The van der Waals surface area contributed by atoms with Gasteiger partial charge in [-0.05, 0) is 55.7 Å². The largest absolute Gasteiger partial charge is 0.480 e. The molecular weight excluding hydrogens is 274 g/mol. The predicted octanol–water partition coefficient (Wildman–Crippen LogP) is 3.24. The summed E-state index contributed by atoms with van der Waals surface area (Å²) in [5.41, 5.74) is 0.577. The molecule has 4 heteroatoms. The number of hydrogen-bond donors (Lipinski definition) is 1. The van der Waals surface area contributed by atoms with Crippen LogP contribution in [-0.2, 0) is 4.79 Å². The minimum atomic E-state index is -0.762. The monoisotopic (exact) mass is 293 g/mol. The van der Waals surface area contributed by atoms with Gasteiger partial charge in [-0.1, -0.05) is 23.7 Å². The van der Waals surface area contributed by atoms with E-state index in [1.165, 1.54) is 12.0 Å². The van der Waals surface area contributed by atoms with E-state index in [1.807, 2.05) is 12.1 Å². The fourth-order valence-electron chi connectivity index (χ4n) is 3.59. The number of nitrogens with zero attached hydrogens (tertiary/aromatic N) is 1. The van der Waals surface area contributed by atoms with Crippen LogP contribution in [0, 0.1) is 11.8 Å². The minimum Gasteiger partial charge on any atom is -0.480 e. The lowest BCUT2D eigenvalue weighted by Gasteiger charge is -2.40. The molecule has 1 aromatic rings. The predicted molar refractivity (Wildman–Crippen MR) is 79.1 cm³/mol. The maximum Gasteiger partial charge on any atom is 0.323 e. The van der Waals surface area contributed by atoms with Gasteiger partial charge in [0, 0.05) is 18.1 Å². The fourth-order valence-corrected chi connectivity index (χ4v) is 3.72. The van der Waals surface area contributed by atoms with Crippen molar-refractivity contribution < 1.29 is 9.90 Å². The molecule has 1 N–H and O–H groups in total. The third-order valence-corrected chi connectivity index (χ3v) is 5.43. The second-order valence-electron chi connectivity index (χ2n) is 6.59. The van der Waals surface area contributed by atoms with Crippen LogP contribution >= 0.6 is 11.6 Å². The summed E-state index contributed by atoms with van der Waals surface area (Å²) in [5, 5.41) is 10.1. The Kier molecular flexibility index (Phi) is 3.30. The molecule has 1 aliphatic heterocycles. The molecule has 1 saturated heterocycles. The molecule has 3 atom stereocenters. The molecule has 3 rings (SSSR count). The molecule has 0 spiro atoms. The van der Waals surface area contributed by atoms with E-state index in [2.05, 4.69) is 17.0 Å². The van der Waals surface area contributed by atoms with E-state index in [-0.39, 0.29) is 0 Å². The third-order valence-electron chi connectivity index (χ3n) is 5.18. The van der Waals surface area contributed by atoms with Gasteiger partial charge in [-0.3, -0.25) is 9.69 Å². The van der Waals surface area contributed by atoms with Crippen molar-refractivity contribution in [2.45, 2.75) is 31.7 Å². The number of carboxylic acid groups (broad SMARTS) is 1. The van der Waals surface area contributed by atoms with Gasteiger partial charge in [-0.15, -0.1) is 0 Å². The molecule has 3 nitrogen and oxygen atoms in total. The van der Waals surface area contributed by atoms with Crippen LogP contribution in [0.3, 0.4) is 0 Å². The normalized spacial score (nSPS) is 29.9. The van der Waals surface area contributed by atoms with Gasteiger partial charge in [0.05, 0.1) is 0 Å². The summed E-state index contributed by atoms with van der Waals surface area (Å²) in [5.74, 6) is 1.07. The van der Waals surface area contributed by atoms with Gasteiger partial charge >= 0.3 is 5.97 Å². The number of likely N-dealkylation sites (tertiary alicyclic amines) is 1. The van der Waals surface area contributed by atoms with E-state index in [4.69, 9.17) is 11.6 Å². The summed E-state index contributed by atoms with van der Waals surface area (Å²) in [6, 6.07) is 8.10. The minimum absolute atomic E-state index is 0.562. The van der Waals surface area contributed by atoms with Crippen molar-refractivity contribution in [1.82, 2.24) is 4.90 Å². The van der Waals surface area contributed by atoms with E-state index < -0.39 is 11.5 Å². The lowest BCUT2D eigenvalue weighted by atomic mass is 9.64. The van der Waals surface area contributed by atoms with Crippen molar-refractivity contribution in [3.8, 4) is 0 Å². The molecule has 1 heterocycles. The summed E-state index contributed by atoms with van der Waals surface area (Å²) in [6.07, 6.45) is 1.17. The zero-order chi connectivity index (χ0) is 14.5. The zero-order valence-corrected chi connectivity index (χ0v) is 12.6. The number of fused-ring (bicyclic) bond motifs is 1. The van der Waals surface area contributed by atoms with Crippen molar-refractivity contribution in [2.24, 2.45) is 11.8 Å². The number of rotatable bonds is 3. The molecule has 0 amide bonds. The second-order valence-corrected chi connectivity index (χ2v) is 7.02. The smallest absolute Gasteiger partial charge is 0.323 e. The van der Waals surface area contributed by atoms with Crippen molar-refractivity contribution in [3.05, 3.63) is 34.9 Å². The lowest BCUT2D eigenvalue weighted by molar-refractivity contribution is -0.148. The Bertz CT molecular complexity index is 526. The summed E-state index contributed by atoms with van der Waals surface area (Å²) in [7, 11) is 0. The molecule has 1 saturated carbocycles. The number of benzene rings is 1. The molecular formula is C16H20ClNO2. The molecule has 2 aliphatic rings. The van der Waals surface area contributed by atoms with E-state index in [9.17, 15) is 9.90 Å². The Morgan fingerprint density at radius 1 is 1.30 bits per heavy atom. The van der Waals surface area contributed by atoms with Crippen molar-refractivity contribution in [1.29, 1.82) is 0 Å². The Morgan fingerprint density at radius 3 is 2.55 bits per heavy atom. The molecule has 0 radical (unpaired) electrons. The highest BCUT2D eigenvalue weighted by Crippen LogP contribution is 2.52. The van der Waals surface area contributed by atoms with Gasteiger partial charge in [-0.25, -0.2) is 0 Å². The first-order valence-electron chi connectivity index (χ1n) is 7.13. The van der Waals surface area contributed by atoms with Crippen LogP contribution in [0.25, 0.3) is 0 Å². The highest BCUT2D eigenvalue weighted by molar-refractivity contribution is 6.30. The average molecular weight is 294 g/mol. The topological polar surface area (TPSA) is 40.5 Å². The van der Waals surface area contributed by atoms with E-state index in [1.54, 1.807) is 13.8 Å². The Morgan fingerprint density at radius 2 is 1.95 bits per heavy atom. The second kappa shape index (κ2) is 4.74. The van der Waals surface area contributed by atoms with E-state index in [0.29, 0.717) is 17.8 Å². The van der Waals surface area contributed by atoms with Gasteiger partial charge in [-0.2, -0.15) is 0 Å². The first-order valence-corrected chi connectivity index (χ1v) is 7.51. The third kappa shape index (κ3) is 2.13. The Balaban J connectivity index is 1.72. The van der Waals surface area contributed by atoms with Crippen LogP contribution in [0.4, 0.5) is 0 Å². The summed E-state index contributed by atoms with van der Waals surface area (Å²) < 4.78 is 0. The number of halogens is 1.